The van der Waals surface area contributed by atoms with Gasteiger partial charge in [-0.3, -0.25) is 4.79 Å². The van der Waals surface area contributed by atoms with Gasteiger partial charge in [-0.2, -0.15) is 0 Å². The van der Waals surface area contributed by atoms with E-state index in [1.54, 1.807) is 0 Å². The van der Waals surface area contributed by atoms with Crippen molar-refractivity contribution in [3.05, 3.63) is 29.3 Å². The van der Waals surface area contributed by atoms with Gasteiger partial charge in [-0.25, -0.2) is 0 Å². The van der Waals surface area contributed by atoms with Gasteiger partial charge in [0.05, 0.1) is 0 Å². The Morgan fingerprint density at radius 3 is 3.07 bits per heavy atom. The number of aryl methyl sites for hydroxylation is 1. The SMILES string of the molecule is Cc1cccc2c1NC(=O)CCC2N. The van der Waals surface area contributed by atoms with E-state index in [2.05, 4.69) is 5.32 Å². The zero-order chi connectivity index (χ0) is 10.1. The number of hydrogen-bond acceptors (Lipinski definition) is 2. The van der Waals surface area contributed by atoms with Crippen molar-refractivity contribution in [1.82, 2.24) is 0 Å². The minimum Gasteiger partial charge on any atom is -0.326 e. The summed E-state index contributed by atoms with van der Waals surface area (Å²) in [4.78, 5) is 11.4. The lowest BCUT2D eigenvalue weighted by molar-refractivity contribution is -0.116. The maximum Gasteiger partial charge on any atom is 0.224 e. The standard InChI is InChI=1S/C11H14N2O/c1-7-3-2-4-8-9(12)5-6-10(14)13-11(7)8/h2-4,9H,5-6,12H2,1H3,(H,13,14). The lowest BCUT2D eigenvalue weighted by Crippen LogP contribution is -2.10. The molecule has 0 spiro atoms. The van der Waals surface area contributed by atoms with Gasteiger partial charge in [0.1, 0.15) is 0 Å². The van der Waals surface area contributed by atoms with Gasteiger partial charge in [0.25, 0.3) is 0 Å². The van der Waals surface area contributed by atoms with Gasteiger partial charge in [-0.05, 0) is 24.5 Å². The fraction of sp³-hybridized carbons (Fsp3) is 0.364. The van der Waals surface area contributed by atoms with Gasteiger partial charge < -0.3 is 11.1 Å². The molecule has 3 N–H and O–H groups in total. The van der Waals surface area contributed by atoms with Crippen molar-refractivity contribution in [3.8, 4) is 0 Å². The third-order valence-corrected chi connectivity index (χ3v) is 2.65. The Morgan fingerprint density at radius 2 is 2.29 bits per heavy atom. The monoisotopic (exact) mass is 190 g/mol. The van der Waals surface area contributed by atoms with Crippen molar-refractivity contribution < 1.29 is 4.79 Å². The van der Waals surface area contributed by atoms with Crippen molar-refractivity contribution in [2.45, 2.75) is 25.8 Å². The van der Waals surface area contributed by atoms with E-state index < -0.39 is 0 Å². The first kappa shape index (κ1) is 9.21. The molecule has 14 heavy (non-hydrogen) atoms. The van der Waals surface area contributed by atoms with Gasteiger partial charge in [0.15, 0.2) is 0 Å². The van der Waals surface area contributed by atoms with E-state index in [0.717, 1.165) is 23.2 Å². The van der Waals surface area contributed by atoms with Crippen molar-refractivity contribution in [2.75, 3.05) is 5.32 Å². The summed E-state index contributed by atoms with van der Waals surface area (Å²) in [5.74, 6) is 0.0634. The average molecular weight is 190 g/mol. The number of hydrogen-bond donors (Lipinski definition) is 2. The third-order valence-electron chi connectivity index (χ3n) is 2.65. The van der Waals surface area contributed by atoms with E-state index in [0.29, 0.717) is 6.42 Å². The molecule has 2 rings (SSSR count). The largest absolute Gasteiger partial charge is 0.326 e. The number of rotatable bonds is 0. The number of nitrogens with one attached hydrogen (secondary N) is 1. The first-order chi connectivity index (χ1) is 6.68. The van der Waals surface area contributed by atoms with Crippen LogP contribution in [0.25, 0.3) is 0 Å². The molecule has 0 fully saturated rings. The van der Waals surface area contributed by atoms with Crippen LogP contribution < -0.4 is 11.1 Å². The van der Waals surface area contributed by atoms with Crippen molar-refractivity contribution in [3.63, 3.8) is 0 Å². The molecular weight excluding hydrogens is 176 g/mol. The van der Waals surface area contributed by atoms with Crippen LogP contribution in [0, 0.1) is 6.92 Å². The Bertz CT molecular complexity index is 374. The summed E-state index contributed by atoms with van der Waals surface area (Å²) < 4.78 is 0. The molecule has 1 aliphatic heterocycles. The zero-order valence-electron chi connectivity index (χ0n) is 8.21. The number of carbonyl (C=O) groups is 1. The van der Waals surface area contributed by atoms with Crippen LogP contribution in [0.4, 0.5) is 5.69 Å². The Hall–Kier alpha value is -1.35. The molecule has 1 aromatic rings. The Labute approximate surface area is 83.3 Å². The summed E-state index contributed by atoms with van der Waals surface area (Å²) in [5.41, 5.74) is 9.02. The second-order valence-electron chi connectivity index (χ2n) is 3.73. The summed E-state index contributed by atoms with van der Waals surface area (Å²) in [6.45, 7) is 1.98. The second kappa shape index (κ2) is 3.42. The van der Waals surface area contributed by atoms with Crippen LogP contribution in [0.3, 0.4) is 0 Å². The highest BCUT2D eigenvalue weighted by atomic mass is 16.1. The molecule has 1 aromatic carbocycles. The highest BCUT2D eigenvalue weighted by Gasteiger charge is 2.19. The molecule has 0 radical (unpaired) electrons. The van der Waals surface area contributed by atoms with Crippen LogP contribution in [-0.2, 0) is 4.79 Å². The number of benzene rings is 1. The minimum atomic E-state index is -0.0242. The molecule has 0 bridgehead atoms. The van der Waals surface area contributed by atoms with Gasteiger partial charge in [0, 0.05) is 18.2 Å². The first-order valence-electron chi connectivity index (χ1n) is 4.83. The number of anilines is 1. The highest BCUT2D eigenvalue weighted by Crippen LogP contribution is 2.30. The van der Waals surface area contributed by atoms with Crippen LogP contribution in [0.5, 0.6) is 0 Å². The summed E-state index contributed by atoms with van der Waals surface area (Å²) in [6.07, 6.45) is 1.23. The van der Waals surface area contributed by atoms with Gasteiger partial charge in [0.2, 0.25) is 5.91 Å². The molecule has 0 aliphatic carbocycles. The Balaban J connectivity index is 2.52. The molecule has 1 aliphatic rings. The van der Waals surface area contributed by atoms with E-state index in [1.165, 1.54) is 0 Å². The molecule has 1 heterocycles. The van der Waals surface area contributed by atoms with E-state index in [4.69, 9.17) is 5.73 Å². The topological polar surface area (TPSA) is 55.1 Å². The summed E-state index contributed by atoms with van der Waals surface area (Å²) in [5, 5.41) is 2.90. The number of fused-ring (bicyclic) bond motifs is 1. The van der Waals surface area contributed by atoms with E-state index >= 15 is 0 Å². The molecule has 1 unspecified atom stereocenters. The number of para-hydroxylation sites is 1. The Kier molecular flexibility index (Phi) is 2.25. The minimum absolute atomic E-state index is 0.0242. The summed E-state index contributed by atoms with van der Waals surface area (Å²) in [7, 11) is 0. The highest BCUT2D eigenvalue weighted by molar-refractivity contribution is 5.93. The lowest BCUT2D eigenvalue weighted by Gasteiger charge is -2.13. The number of amides is 1. The maximum absolute atomic E-state index is 11.4. The van der Waals surface area contributed by atoms with E-state index in [1.807, 2.05) is 25.1 Å². The van der Waals surface area contributed by atoms with Gasteiger partial charge >= 0.3 is 0 Å². The molecule has 3 nitrogen and oxygen atoms in total. The number of carbonyl (C=O) groups excluding carboxylic acids is 1. The van der Waals surface area contributed by atoms with Crippen molar-refractivity contribution in [1.29, 1.82) is 0 Å². The van der Waals surface area contributed by atoms with Crippen LogP contribution in [0.1, 0.15) is 30.0 Å². The van der Waals surface area contributed by atoms with Crippen LogP contribution in [-0.4, -0.2) is 5.91 Å². The first-order valence-corrected chi connectivity index (χ1v) is 4.83. The third kappa shape index (κ3) is 1.51. The molecule has 1 atom stereocenters. The molecule has 1 amide bonds. The van der Waals surface area contributed by atoms with Crippen LogP contribution >= 0.6 is 0 Å². The molecular formula is C11H14N2O. The normalized spacial score (nSPS) is 21.0. The van der Waals surface area contributed by atoms with Crippen molar-refractivity contribution in [2.24, 2.45) is 5.73 Å². The zero-order valence-corrected chi connectivity index (χ0v) is 8.21. The molecule has 0 aromatic heterocycles. The lowest BCUT2D eigenvalue weighted by atomic mass is 10.0. The predicted octanol–water partition coefficient (Wildman–Crippen LogP) is 1.73. The fourth-order valence-electron chi connectivity index (χ4n) is 1.81. The van der Waals surface area contributed by atoms with E-state index in [9.17, 15) is 4.79 Å². The van der Waals surface area contributed by atoms with Crippen LogP contribution in [0.2, 0.25) is 0 Å². The quantitative estimate of drug-likeness (QED) is 0.654. The number of nitrogens with two attached hydrogens (primary N) is 1. The fourth-order valence-corrected chi connectivity index (χ4v) is 1.81. The van der Waals surface area contributed by atoms with Gasteiger partial charge in [-0.15, -0.1) is 0 Å². The molecule has 3 heteroatoms. The van der Waals surface area contributed by atoms with E-state index in [-0.39, 0.29) is 11.9 Å². The summed E-state index contributed by atoms with van der Waals surface area (Å²) in [6, 6.07) is 5.92. The second-order valence-corrected chi connectivity index (χ2v) is 3.73. The van der Waals surface area contributed by atoms with Gasteiger partial charge in [-0.1, -0.05) is 18.2 Å². The molecule has 74 valence electrons. The smallest absolute Gasteiger partial charge is 0.224 e. The summed E-state index contributed by atoms with van der Waals surface area (Å²) >= 11 is 0. The molecule has 0 saturated heterocycles. The van der Waals surface area contributed by atoms with Crippen molar-refractivity contribution >= 4 is 11.6 Å². The van der Waals surface area contributed by atoms with Crippen LogP contribution in [0.15, 0.2) is 18.2 Å². The molecule has 0 saturated carbocycles. The average Bonchev–Trinajstić information content (AvgIpc) is 2.30. The predicted molar refractivity (Wildman–Crippen MR) is 56.0 cm³/mol. The maximum atomic E-state index is 11.4. The Morgan fingerprint density at radius 1 is 1.50 bits per heavy atom.